The van der Waals surface area contributed by atoms with Crippen LogP contribution in [0.3, 0.4) is 0 Å². The van der Waals surface area contributed by atoms with Gasteiger partial charge in [0.15, 0.2) is 5.82 Å². The van der Waals surface area contributed by atoms with Gasteiger partial charge in [-0.1, -0.05) is 13.8 Å². The van der Waals surface area contributed by atoms with Gasteiger partial charge in [0.2, 0.25) is 0 Å². The number of aromatic nitrogens is 3. The number of nitrogens with one attached hydrogen (secondary N) is 1. The van der Waals surface area contributed by atoms with Crippen molar-refractivity contribution in [1.29, 1.82) is 0 Å². The first-order valence-corrected chi connectivity index (χ1v) is 5.96. The van der Waals surface area contributed by atoms with E-state index in [-0.39, 0.29) is 5.82 Å². The largest absolute Gasteiger partial charge is 0.316 e. The zero-order chi connectivity index (χ0) is 13.1. The van der Waals surface area contributed by atoms with Crippen LogP contribution in [0.5, 0.6) is 0 Å². The Labute approximate surface area is 106 Å². The van der Waals surface area contributed by atoms with E-state index in [2.05, 4.69) is 29.2 Å². The molecule has 2 aromatic heterocycles. The summed E-state index contributed by atoms with van der Waals surface area (Å²) in [7, 11) is 1.82. The molecule has 0 aliphatic carbocycles. The number of nitrogens with zero attached hydrogens (tertiary/aromatic N) is 3. The van der Waals surface area contributed by atoms with Crippen molar-refractivity contribution in [3.63, 3.8) is 0 Å². The predicted molar refractivity (Wildman–Crippen MR) is 68.2 cm³/mol. The molecule has 5 heteroatoms. The van der Waals surface area contributed by atoms with Crippen LogP contribution >= 0.6 is 0 Å². The average Bonchev–Trinajstić information content (AvgIpc) is 2.79. The second kappa shape index (κ2) is 5.27. The highest BCUT2D eigenvalue weighted by atomic mass is 19.1. The molecule has 4 nitrogen and oxygen atoms in total. The van der Waals surface area contributed by atoms with Gasteiger partial charge < -0.3 is 5.32 Å². The average molecular weight is 248 g/mol. The Balaban J connectivity index is 2.42. The van der Waals surface area contributed by atoms with Crippen LogP contribution in [0.25, 0.3) is 5.82 Å². The Morgan fingerprint density at radius 2 is 2.22 bits per heavy atom. The van der Waals surface area contributed by atoms with Gasteiger partial charge in [0.05, 0.1) is 11.9 Å². The van der Waals surface area contributed by atoms with Crippen molar-refractivity contribution in [2.24, 2.45) is 0 Å². The van der Waals surface area contributed by atoms with Gasteiger partial charge in [-0.3, -0.25) is 0 Å². The molecule has 2 rings (SSSR count). The van der Waals surface area contributed by atoms with Crippen LogP contribution in [-0.2, 0) is 6.54 Å². The van der Waals surface area contributed by atoms with Crippen molar-refractivity contribution in [1.82, 2.24) is 20.1 Å². The molecule has 96 valence electrons. The molecule has 0 saturated heterocycles. The Morgan fingerprint density at radius 3 is 2.83 bits per heavy atom. The molecular weight excluding hydrogens is 231 g/mol. The van der Waals surface area contributed by atoms with E-state index in [0.717, 1.165) is 11.3 Å². The van der Waals surface area contributed by atoms with E-state index in [4.69, 9.17) is 0 Å². The molecule has 0 bridgehead atoms. The summed E-state index contributed by atoms with van der Waals surface area (Å²) in [6, 6.07) is 3.44. The highest BCUT2D eigenvalue weighted by Gasteiger charge is 2.10. The monoisotopic (exact) mass is 248 g/mol. The van der Waals surface area contributed by atoms with Gasteiger partial charge in [-0.15, -0.1) is 0 Å². The van der Waals surface area contributed by atoms with Crippen molar-refractivity contribution in [2.75, 3.05) is 7.05 Å². The van der Waals surface area contributed by atoms with Crippen molar-refractivity contribution < 1.29 is 4.39 Å². The van der Waals surface area contributed by atoms with Crippen LogP contribution in [0.15, 0.2) is 24.5 Å². The zero-order valence-electron chi connectivity index (χ0n) is 10.8. The summed E-state index contributed by atoms with van der Waals surface area (Å²) in [6.07, 6.45) is 3.07. The lowest BCUT2D eigenvalue weighted by molar-refractivity contribution is 0.612. The third kappa shape index (κ3) is 2.56. The molecule has 1 N–H and O–H groups in total. The molecule has 18 heavy (non-hydrogen) atoms. The normalized spacial score (nSPS) is 11.2. The minimum Gasteiger partial charge on any atom is -0.316 e. The number of hydrogen-bond acceptors (Lipinski definition) is 3. The van der Waals surface area contributed by atoms with Crippen LogP contribution in [0.4, 0.5) is 4.39 Å². The van der Waals surface area contributed by atoms with E-state index in [1.54, 1.807) is 4.68 Å². The Kier molecular flexibility index (Phi) is 3.72. The Hall–Kier alpha value is -1.75. The maximum Gasteiger partial charge on any atom is 0.157 e. The van der Waals surface area contributed by atoms with Crippen LogP contribution in [0.2, 0.25) is 0 Å². The topological polar surface area (TPSA) is 42.7 Å². The summed E-state index contributed by atoms with van der Waals surface area (Å²) in [4.78, 5) is 4.13. The van der Waals surface area contributed by atoms with Gasteiger partial charge >= 0.3 is 0 Å². The predicted octanol–water partition coefficient (Wildman–Crippen LogP) is 2.25. The van der Waals surface area contributed by atoms with Gasteiger partial charge in [-0.05, 0) is 25.1 Å². The first kappa shape index (κ1) is 12.7. The van der Waals surface area contributed by atoms with Crippen LogP contribution in [0.1, 0.15) is 31.0 Å². The van der Waals surface area contributed by atoms with Crippen molar-refractivity contribution >= 4 is 0 Å². The Bertz CT molecular complexity index is 534. The Morgan fingerprint density at radius 1 is 1.44 bits per heavy atom. The molecule has 2 heterocycles. The first-order valence-electron chi connectivity index (χ1n) is 5.96. The minimum absolute atomic E-state index is 0.333. The molecule has 0 fully saturated rings. The van der Waals surface area contributed by atoms with Gasteiger partial charge in [0.1, 0.15) is 5.82 Å². The molecule has 0 aliphatic rings. The van der Waals surface area contributed by atoms with Crippen molar-refractivity contribution in [2.45, 2.75) is 26.3 Å². The molecule has 0 atom stereocenters. The lowest BCUT2D eigenvalue weighted by atomic mass is 10.1. The highest BCUT2D eigenvalue weighted by molar-refractivity contribution is 5.33. The standard InChI is InChI=1S/C13H17FN4/c1-9(2)12-4-5-18(17-12)13-10(7-15-3)6-11(14)8-16-13/h4-6,8-9,15H,7H2,1-3H3. The molecule has 0 unspecified atom stereocenters. The lowest BCUT2D eigenvalue weighted by Gasteiger charge is -2.08. The molecule has 0 saturated carbocycles. The molecule has 0 radical (unpaired) electrons. The maximum absolute atomic E-state index is 13.2. The fraction of sp³-hybridized carbons (Fsp3) is 0.385. The lowest BCUT2D eigenvalue weighted by Crippen LogP contribution is -2.11. The summed E-state index contributed by atoms with van der Waals surface area (Å²) in [5.41, 5.74) is 1.78. The quantitative estimate of drug-likeness (QED) is 0.902. The van der Waals surface area contributed by atoms with E-state index >= 15 is 0 Å². The first-order chi connectivity index (χ1) is 8.61. The molecule has 0 aromatic carbocycles. The van der Waals surface area contributed by atoms with Crippen LogP contribution in [0, 0.1) is 5.82 Å². The SMILES string of the molecule is CNCc1cc(F)cnc1-n1ccc(C(C)C)n1. The summed E-state index contributed by atoms with van der Waals surface area (Å²) in [5, 5.41) is 7.46. The number of pyridine rings is 1. The summed E-state index contributed by atoms with van der Waals surface area (Å²) >= 11 is 0. The fourth-order valence-electron chi connectivity index (χ4n) is 1.76. The van der Waals surface area contributed by atoms with E-state index in [1.807, 2.05) is 19.3 Å². The van der Waals surface area contributed by atoms with E-state index in [9.17, 15) is 4.39 Å². The van der Waals surface area contributed by atoms with Gasteiger partial charge in [-0.2, -0.15) is 5.10 Å². The zero-order valence-corrected chi connectivity index (χ0v) is 10.8. The van der Waals surface area contributed by atoms with Gasteiger partial charge in [-0.25, -0.2) is 14.1 Å². The smallest absolute Gasteiger partial charge is 0.157 e. The number of rotatable bonds is 4. The summed E-state index contributed by atoms with van der Waals surface area (Å²) in [5.74, 6) is 0.692. The van der Waals surface area contributed by atoms with Crippen molar-refractivity contribution in [3.8, 4) is 5.82 Å². The molecule has 0 aliphatic heterocycles. The molecule has 2 aromatic rings. The van der Waals surface area contributed by atoms with E-state index in [0.29, 0.717) is 18.3 Å². The highest BCUT2D eigenvalue weighted by Crippen LogP contribution is 2.16. The summed E-state index contributed by atoms with van der Waals surface area (Å²) in [6.45, 7) is 4.72. The molecule has 0 amide bonds. The summed E-state index contributed by atoms with van der Waals surface area (Å²) < 4.78 is 14.9. The third-order valence-electron chi connectivity index (χ3n) is 2.69. The molecular formula is C13H17FN4. The second-order valence-electron chi connectivity index (χ2n) is 4.51. The van der Waals surface area contributed by atoms with Gasteiger partial charge in [0, 0.05) is 18.3 Å². The maximum atomic E-state index is 13.2. The second-order valence-corrected chi connectivity index (χ2v) is 4.51. The van der Waals surface area contributed by atoms with Crippen LogP contribution in [-0.4, -0.2) is 21.8 Å². The minimum atomic E-state index is -0.333. The van der Waals surface area contributed by atoms with Crippen molar-refractivity contribution in [3.05, 3.63) is 41.6 Å². The molecule has 0 spiro atoms. The van der Waals surface area contributed by atoms with E-state index < -0.39 is 0 Å². The fourth-order valence-corrected chi connectivity index (χ4v) is 1.76. The van der Waals surface area contributed by atoms with Gasteiger partial charge in [0.25, 0.3) is 0 Å². The van der Waals surface area contributed by atoms with Crippen LogP contribution < -0.4 is 5.32 Å². The number of halogens is 1. The number of hydrogen-bond donors (Lipinski definition) is 1. The van der Waals surface area contributed by atoms with E-state index in [1.165, 1.54) is 12.3 Å². The third-order valence-corrected chi connectivity index (χ3v) is 2.69.